The maximum atomic E-state index is 13.0. The number of quaternary nitrogens is 1. The summed E-state index contributed by atoms with van der Waals surface area (Å²) in [6.45, 7) is 4.84. The van der Waals surface area contributed by atoms with Crippen LogP contribution in [0.5, 0.6) is 0 Å². The fourth-order valence-corrected chi connectivity index (χ4v) is 9.63. The summed E-state index contributed by atoms with van der Waals surface area (Å²) >= 11 is 0. The molecule has 0 heterocycles. The molecule has 0 spiro atoms. The van der Waals surface area contributed by atoms with Crippen LogP contribution < -0.4 is 5.32 Å². The summed E-state index contributed by atoms with van der Waals surface area (Å²) in [6, 6.07) is -0.845. The fourth-order valence-electron chi connectivity index (χ4n) is 8.90. The number of amides is 1. The van der Waals surface area contributed by atoms with Gasteiger partial charge < -0.3 is 19.8 Å². The molecule has 0 aliphatic carbocycles. The Hall–Kier alpha value is -1.28. The van der Waals surface area contributed by atoms with Crippen molar-refractivity contribution < 1.29 is 32.9 Å². The quantitative estimate of drug-likeness (QED) is 0.0243. The number of phosphoric ester groups is 1. The lowest BCUT2D eigenvalue weighted by molar-refractivity contribution is -0.870. The Kier molecular flexibility index (Phi) is 50.7. The third kappa shape index (κ3) is 54.3. The van der Waals surface area contributed by atoms with Crippen LogP contribution in [-0.2, 0) is 18.4 Å². The normalized spacial score (nSPS) is 14.1. The lowest BCUT2D eigenvalue weighted by Gasteiger charge is -2.25. The maximum Gasteiger partial charge on any atom is 0.472 e. The first-order chi connectivity index (χ1) is 33.5. The van der Waals surface area contributed by atoms with E-state index in [-0.39, 0.29) is 19.1 Å². The van der Waals surface area contributed by atoms with Crippen molar-refractivity contribution in [1.82, 2.24) is 5.32 Å². The van der Waals surface area contributed by atoms with Crippen molar-refractivity contribution in [1.29, 1.82) is 0 Å². The smallest absolute Gasteiger partial charge is 0.387 e. The van der Waals surface area contributed by atoms with Crippen LogP contribution in [0, 0.1) is 0 Å². The number of aliphatic hydroxyl groups excluding tert-OH is 1. The van der Waals surface area contributed by atoms with Gasteiger partial charge in [-0.25, -0.2) is 4.57 Å². The van der Waals surface area contributed by atoms with Crippen LogP contribution >= 0.6 is 7.82 Å². The van der Waals surface area contributed by atoms with Gasteiger partial charge in [-0.05, 0) is 51.4 Å². The maximum absolute atomic E-state index is 13.0. The highest BCUT2D eigenvalue weighted by molar-refractivity contribution is 7.47. The first-order valence-corrected chi connectivity index (χ1v) is 31.4. The molecule has 3 atom stereocenters. The second-order valence-electron chi connectivity index (χ2n) is 21.7. The average molecular weight is 995 g/mol. The number of rotatable bonds is 55. The van der Waals surface area contributed by atoms with Gasteiger partial charge in [-0.15, -0.1) is 0 Å². The standard InChI is InChI=1S/C60H117N2O6P/c1-6-8-10-12-14-16-18-20-22-24-26-27-28-29-30-31-32-33-34-35-36-38-40-42-44-46-48-50-52-54-60(64)61-58(57-68-69(65,66)67-56-55-62(3,4)5)59(63)53-51-49-47-45-43-41-39-37-25-23-21-19-17-15-13-11-9-7-2/h18,20,24,26,51,53,58-59,63H,6-17,19,21-23,25,27-50,52,54-57H2,1-5H3,(H-,61,64,65,66)/p+1/b20-18-,26-24-,53-51+. The fraction of sp³-hybridized carbons (Fsp3) is 0.883. The zero-order valence-electron chi connectivity index (χ0n) is 46.6. The van der Waals surface area contributed by atoms with Gasteiger partial charge in [0.2, 0.25) is 5.91 Å². The Labute approximate surface area is 429 Å². The van der Waals surface area contributed by atoms with Crippen molar-refractivity contribution in [2.75, 3.05) is 40.9 Å². The number of allylic oxidation sites excluding steroid dienone is 5. The van der Waals surface area contributed by atoms with Crippen LogP contribution in [0.3, 0.4) is 0 Å². The Morgan fingerprint density at radius 2 is 0.826 bits per heavy atom. The molecule has 0 rings (SSSR count). The molecular formula is C60H118N2O6P+. The first-order valence-electron chi connectivity index (χ1n) is 29.9. The average Bonchev–Trinajstić information content (AvgIpc) is 3.31. The van der Waals surface area contributed by atoms with Crippen molar-refractivity contribution in [2.45, 2.75) is 302 Å². The van der Waals surface area contributed by atoms with Crippen LogP contribution in [0.1, 0.15) is 290 Å². The number of hydrogen-bond acceptors (Lipinski definition) is 5. The summed E-state index contributed by atoms with van der Waals surface area (Å²) < 4.78 is 23.7. The molecule has 0 aromatic carbocycles. The molecule has 69 heavy (non-hydrogen) atoms. The number of hydrogen-bond donors (Lipinski definition) is 3. The molecule has 8 nitrogen and oxygen atoms in total. The lowest BCUT2D eigenvalue weighted by Crippen LogP contribution is -2.45. The second-order valence-corrected chi connectivity index (χ2v) is 23.2. The number of nitrogens with one attached hydrogen (secondary N) is 1. The number of carbonyl (C=O) groups excluding carboxylic acids is 1. The largest absolute Gasteiger partial charge is 0.472 e. The minimum atomic E-state index is -4.35. The number of nitrogens with zero attached hydrogens (tertiary/aromatic N) is 1. The van der Waals surface area contributed by atoms with E-state index in [1.54, 1.807) is 6.08 Å². The second kappa shape index (κ2) is 51.6. The number of unbranched alkanes of at least 4 members (excludes halogenated alkanes) is 38. The van der Waals surface area contributed by atoms with Gasteiger partial charge in [0.15, 0.2) is 0 Å². The zero-order valence-corrected chi connectivity index (χ0v) is 47.5. The zero-order chi connectivity index (χ0) is 50.6. The summed E-state index contributed by atoms with van der Waals surface area (Å²) in [5.74, 6) is -0.173. The topological polar surface area (TPSA) is 105 Å². The Bertz CT molecular complexity index is 1220. The highest BCUT2D eigenvalue weighted by Gasteiger charge is 2.27. The van der Waals surface area contributed by atoms with E-state index < -0.39 is 20.0 Å². The Morgan fingerprint density at radius 3 is 1.19 bits per heavy atom. The van der Waals surface area contributed by atoms with E-state index in [1.807, 2.05) is 27.2 Å². The third-order valence-electron chi connectivity index (χ3n) is 13.6. The molecule has 0 fully saturated rings. The molecule has 0 bridgehead atoms. The molecule has 0 aliphatic rings. The van der Waals surface area contributed by atoms with Crippen LogP contribution in [0.15, 0.2) is 36.5 Å². The summed E-state index contributed by atoms with van der Waals surface area (Å²) in [6.07, 6.45) is 66.7. The van der Waals surface area contributed by atoms with E-state index in [1.165, 1.54) is 225 Å². The number of carbonyl (C=O) groups is 1. The van der Waals surface area contributed by atoms with E-state index in [0.717, 1.165) is 44.9 Å². The molecule has 0 radical (unpaired) electrons. The predicted molar refractivity (Wildman–Crippen MR) is 300 cm³/mol. The number of aliphatic hydroxyl groups is 1. The molecule has 0 aliphatic heterocycles. The first kappa shape index (κ1) is 67.7. The highest BCUT2D eigenvalue weighted by atomic mass is 31.2. The lowest BCUT2D eigenvalue weighted by atomic mass is 10.0. The molecule has 9 heteroatoms. The van der Waals surface area contributed by atoms with Crippen LogP contribution in [0.4, 0.5) is 0 Å². The van der Waals surface area contributed by atoms with E-state index in [4.69, 9.17) is 9.05 Å². The Morgan fingerprint density at radius 1 is 0.493 bits per heavy atom. The molecule has 0 saturated heterocycles. The molecule has 1 amide bonds. The molecule has 408 valence electrons. The summed E-state index contributed by atoms with van der Waals surface area (Å²) in [4.78, 5) is 23.3. The highest BCUT2D eigenvalue weighted by Crippen LogP contribution is 2.43. The van der Waals surface area contributed by atoms with Crippen molar-refractivity contribution >= 4 is 13.7 Å². The van der Waals surface area contributed by atoms with Gasteiger partial charge >= 0.3 is 7.82 Å². The SMILES string of the molecule is CCCCCCC/C=C\C/C=C\CCCCCCCCCCCCCCCCCCCC(=O)NC(COP(=O)(O)OCC[N+](C)(C)C)C(O)/C=C/CCCCCCCCCCCCCCCCCC. The van der Waals surface area contributed by atoms with Crippen molar-refractivity contribution in [3.8, 4) is 0 Å². The summed E-state index contributed by atoms with van der Waals surface area (Å²) in [5, 5.41) is 13.9. The van der Waals surface area contributed by atoms with Crippen molar-refractivity contribution in [3.05, 3.63) is 36.5 Å². The van der Waals surface area contributed by atoms with E-state index >= 15 is 0 Å². The van der Waals surface area contributed by atoms with E-state index in [0.29, 0.717) is 17.4 Å². The van der Waals surface area contributed by atoms with E-state index in [2.05, 4.69) is 43.5 Å². The third-order valence-corrected chi connectivity index (χ3v) is 14.6. The van der Waals surface area contributed by atoms with Gasteiger partial charge in [0.25, 0.3) is 0 Å². The molecule has 0 saturated carbocycles. The van der Waals surface area contributed by atoms with Crippen molar-refractivity contribution in [3.63, 3.8) is 0 Å². The monoisotopic (exact) mass is 994 g/mol. The van der Waals surface area contributed by atoms with Crippen LogP contribution in [-0.4, -0.2) is 73.4 Å². The van der Waals surface area contributed by atoms with Gasteiger partial charge in [0, 0.05) is 6.42 Å². The predicted octanol–water partition coefficient (Wildman–Crippen LogP) is 18.2. The summed E-state index contributed by atoms with van der Waals surface area (Å²) in [7, 11) is 1.58. The number of phosphoric acid groups is 1. The molecule has 0 aromatic rings. The molecule has 3 unspecified atom stereocenters. The van der Waals surface area contributed by atoms with Crippen LogP contribution in [0.2, 0.25) is 0 Å². The van der Waals surface area contributed by atoms with E-state index in [9.17, 15) is 19.4 Å². The minimum absolute atomic E-state index is 0.0630. The van der Waals surface area contributed by atoms with Crippen LogP contribution in [0.25, 0.3) is 0 Å². The van der Waals surface area contributed by atoms with Gasteiger partial charge in [0.05, 0.1) is 39.9 Å². The van der Waals surface area contributed by atoms with Gasteiger partial charge in [-0.3, -0.25) is 13.8 Å². The molecular weight excluding hydrogens is 876 g/mol. The molecule has 3 N–H and O–H groups in total. The van der Waals surface area contributed by atoms with Gasteiger partial charge in [0.1, 0.15) is 13.2 Å². The minimum Gasteiger partial charge on any atom is -0.387 e. The number of likely N-dealkylation sites (N-methyl/N-ethyl adjacent to an activating group) is 1. The van der Waals surface area contributed by atoms with Gasteiger partial charge in [-0.1, -0.05) is 269 Å². The summed E-state index contributed by atoms with van der Waals surface area (Å²) in [5.41, 5.74) is 0. The Balaban J connectivity index is 4.12. The molecule has 0 aromatic heterocycles. The van der Waals surface area contributed by atoms with Crippen molar-refractivity contribution in [2.24, 2.45) is 0 Å². The van der Waals surface area contributed by atoms with Gasteiger partial charge in [-0.2, -0.15) is 0 Å².